The van der Waals surface area contributed by atoms with Crippen LogP contribution in [0.1, 0.15) is 92.5 Å². The maximum absolute atomic E-state index is 13.1. The Labute approximate surface area is 216 Å². The largest absolute Gasteiger partial charge is 0.457 e. The number of ketones is 1. The molecule has 0 amide bonds. The van der Waals surface area contributed by atoms with Gasteiger partial charge in [0, 0.05) is 25.3 Å². The Bertz CT molecular complexity index is 1140. The summed E-state index contributed by atoms with van der Waals surface area (Å²) in [6, 6.07) is 9.98. The van der Waals surface area contributed by atoms with Crippen LogP contribution in [0.2, 0.25) is 0 Å². The lowest BCUT2D eigenvalue weighted by Crippen LogP contribution is -2.19. The van der Waals surface area contributed by atoms with Crippen molar-refractivity contribution in [1.82, 2.24) is 0 Å². The topological polar surface area (TPSA) is 122 Å². The zero-order chi connectivity index (χ0) is 27.4. The quantitative estimate of drug-likeness (QED) is 0.198. The van der Waals surface area contributed by atoms with E-state index in [4.69, 9.17) is 18.9 Å². The summed E-state index contributed by atoms with van der Waals surface area (Å²) < 4.78 is 21.7. The lowest BCUT2D eigenvalue weighted by atomic mass is 10.0. The molecule has 0 saturated carbocycles. The summed E-state index contributed by atoms with van der Waals surface area (Å²) in [7, 11) is 0. The highest BCUT2D eigenvalue weighted by Crippen LogP contribution is 2.44. The SMILES string of the molecule is CCCC(=O)Oc1cc(C(=O)OCc2ccccc2)c(C(C)=O)c(OC(=O)CCC)c1OC(=O)CCC. The second kappa shape index (κ2) is 14.5. The highest BCUT2D eigenvalue weighted by atomic mass is 16.6. The van der Waals surface area contributed by atoms with Crippen LogP contribution in [-0.4, -0.2) is 29.7 Å². The second-order valence-corrected chi connectivity index (χ2v) is 8.25. The summed E-state index contributed by atoms with van der Waals surface area (Å²) in [5.74, 6) is -4.87. The van der Waals surface area contributed by atoms with Crippen molar-refractivity contribution >= 4 is 29.7 Å². The average Bonchev–Trinajstić information content (AvgIpc) is 2.85. The van der Waals surface area contributed by atoms with Crippen LogP contribution in [0.15, 0.2) is 36.4 Å². The van der Waals surface area contributed by atoms with Crippen molar-refractivity contribution in [2.45, 2.75) is 72.8 Å². The molecule has 0 aromatic heterocycles. The maximum atomic E-state index is 13.1. The summed E-state index contributed by atoms with van der Waals surface area (Å²) in [5.41, 5.74) is 0.0870. The number of benzene rings is 2. The summed E-state index contributed by atoms with van der Waals surface area (Å²) in [6.07, 6.45) is 1.41. The first-order valence-corrected chi connectivity index (χ1v) is 12.3. The summed E-state index contributed by atoms with van der Waals surface area (Å²) in [6.45, 7) is 6.36. The van der Waals surface area contributed by atoms with Gasteiger partial charge in [0.25, 0.3) is 0 Å². The first kappa shape index (κ1) is 29.2. The third-order valence-electron chi connectivity index (χ3n) is 5.00. The number of ether oxygens (including phenoxy) is 4. The van der Waals surface area contributed by atoms with E-state index in [1.54, 1.807) is 45.0 Å². The van der Waals surface area contributed by atoms with Crippen molar-refractivity contribution in [1.29, 1.82) is 0 Å². The van der Waals surface area contributed by atoms with Gasteiger partial charge in [-0.2, -0.15) is 0 Å². The van der Waals surface area contributed by atoms with Crippen molar-refractivity contribution in [3.8, 4) is 17.2 Å². The normalized spacial score (nSPS) is 10.4. The predicted octanol–water partition coefficient (Wildman–Crippen LogP) is 5.36. The third kappa shape index (κ3) is 8.56. The summed E-state index contributed by atoms with van der Waals surface area (Å²) in [4.78, 5) is 63.2. The molecule has 0 unspecified atom stereocenters. The van der Waals surface area contributed by atoms with E-state index >= 15 is 0 Å². The van der Waals surface area contributed by atoms with E-state index in [2.05, 4.69) is 0 Å². The fourth-order valence-corrected chi connectivity index (χ4v) is 3.31. The van der Waals surface area contributed by atoms with Gasteiger partial charge in [0.2, 0.25) is 5.75 Å². The molecule has 9 nitrogen and oxygen atoms in total. The molecule has 0 fully saturated rings. The van der Waals surface area contributed by atoms with Gasteiger partial charge in [-0.3, -0.25) is 19.2 Å². The molecule has 0 N–H and O–H groups in total. The molecule has 37 heavy (non-hydrogen) atoms. The number of rotatable bonds is 13. The molecule has 2 aromatic carbocycles. The highest BCUT2D eigenvalue weighted by Gasteiger charge is 2.32. The van der Waals surface area contributed by atoms with Crippen LogP contribution < -0.4 is 14.2 Å². The van der Waals surface area contributed by atoms with Gasteiger partial charge in [-0.25, -0.2) is 4.79 Å². The van der Waals surface area contributed by atoms with Crippen LogP contribution in [0.4, 0.5) is 0 Å². The summed E-state index contributed by atoms with van der Waals surface area (Å²) in [5, 5.41) is 0. The molecule has 0 aliphatic heterocycles. The molecule has 2 aromatic rings. The van der Waals surface area contributed by atoms with Gasteiger partial charge in [-0.05, 0) is 31.7 Å². The zero-order valence-corrected chi connectivity index (χ0v) is 21.6. The molecule has 0 aliphatic rings. The molecule has 0 bridgehead atoms. The van der Waals surface area contributed by atoms with Gasteiger partial charge >= 0.3 is 23.9 Å². The molecule has 0 heterocycles. The molecular formula is C28H32O9. The number of Topliss-reactive ketones (excluding diaryl/α,β-unsaturated/α-hetero) is 1. The lowest BCUT2D eigenvalue weighted by Gasteiger charge is -2.19. The Balaban J connectivity index is 2.70. The molecule has 0 saturated heterocycles. The Hall–Kier alpha value is -4.01. The monoisotopic (exact) mass is 512 g/mol. The third-order valence-corrected chi connectivity index (χ3v) is 5.00. The van der Waals surface area contributed by atoms with Crippen LogP contribution in [0.25, 0.3) is 0 Å². The molecule has 2 rings (SSSR count). The molecule has 0 spiro atoms. The number of hydrogen-bond donors (Lipinski definition) is 0. The zero-order valence-electron chi connectivity index (χ0n) is 21.6. The Morgan fingerprint density at radius 3 is 1.73 bits per heavy atom. The number of carbonyl (C=O) groups is 5. The smallest absolute Gasteiger partial charge is 0.339 e. The van der Waals surface area contributed by atoms with Crippen molar-refractivity contribution in [3.05, 3.63) is 53.1 Å². The number of esters is 4. The second-order valence-electron chi connectivity index (χ2n) is 8.25. The van der Waals surface area contributed by atoms with Crippen molar-refractivity contribution in [2.24, 2.45) is 0 Å². The minimum absolute atomic E-state index is 0.00662. The van der Waals surface area contributed by atoms with Crippen LogP contribution in [0, 0.1) is 0 Å². The van der Waals surface area contributed by atoms with Crippen LogP contribution in [0.3, 0.4) is 0 Å². The van der Waals surface area contributed by atoms with Crippen molar-refractivity contribution in [3.63, 3.8) is 0 Å². The standard InChI is InChI=1S/C28H32O9/c1-5-11-22(30)35-21-16-20(28(33)34-17-19-14-9-8-10-15-19)25(18(4)29)27(37-24(32)13-7-3)26(21)36-23(31)12-6-2/h8-10,14-16H,5-7,11-13,17H2,1-4H3. The molecule has 0 atom stereocenters. The predicted molar refractivity (Wildman–Crippen MR) is 134 cm³/mol. The Morgan fingerprint density at radius 2 is 1.22 bits per heavy atom. The van der Waals surface area contributed by atoms with Gasteiger partial charge in [0.1, 0.15) is 6.61 Å². The maximum Gasteiger partial charge on any atom is 0.339 e. The van der Waals surface area contributed by atoms with Crippen LogP contribution in [0.5, 0.6) is 17.2 Å². The number of carbonyl (C=O) groups excluding carboxylic acids is 5. The van der Waals surface area contributed by atoms with Crippen molar-refractivity contribution < 1.29 is 42.9 Å². The minimum atomic E-state index is -0.916. The van der Waals surface area contributed by atoms with Crippen LogP contribution in [-0.2, 0) is 25.7 Å². The first-order valence-electron chi connectivity index (χ1n) is 12.3. The molecule has 0 aliphatic carbocycles. The highest BCUT2D eigenvalue weighted by molar-refractivity contribution is 6.09. The van der Waals surface area contributed by atoms with E-state index in [0.717, 1.165) is 6.07 Å². The summed E-state index contributed by atoms with van der Waals surface area (Å²) >= 11 is 0. The molecule has 9 heteroatoms. The fraction of sp³-hybridized carbons (Fsp3) is 0.393. The average molecular weight is 513 g/mol. The first-order chi connectivity index (χ1) is 17.7. The number of hydrogen-bond acceptors (Lipinski definition) is 9. The molecule has 198 valence electrons. The van der Waals surface area contributed by atoms with E-state index in [0.29, 0.717) is 24.8 Å². The molecule has 0 radical (unpaired) electrons. The van der Waals surface area contributed by atoms with E-state index < -0.39 is 41.2 Å². The van der Waals surface area contributed by atoms with E-state index in [9.17, 15) is 24.0 Å². The van der Waals surface area contributed by atoms with Gasteiger partial charge in [-0.1, -0.05) is 51.1 Å². The van der Waals surface area contributed by atoms with E-state index in [-0.39, 0.29) is 42.7 Å². The fourth-order valence-electron chi connectivity index (χ4n) is 3.31. The van der Waals surface area contributed by atoms with Gasteiger partial charge in [-0.15, -0.1) is 0 Å². The van der Waals surface area contributed by atoms with Gasteiger partial charge in [0.15, 0.2) is 17.3 Å². The van der Waals surface area contributed by atoms with E-state index in [1.807, 2.05) is 6.07 Å². The lowest BCUT2D eigenvalue weighted by molar-refractivity contribution is -0.138. The van der Waals surface area contributed by atoms with Gasteiger partial charge in [0.05, 0.1) is 11.1 Å². The Morgan fingerprint density at radius 1 is 0.703 bits per heavy atom. The Kier molecular flexibility index (Phi) is 11.5. The van der Waals surface area contributed by atoms with Crippen LogP contribution >= 0.6 is 0 Å². The minimum Gasteiger partial charge on any atom is -0.457 e. The molecular weight excluding hydrogens is 480 g/mol. The van der Waals surface area contributed by atoms with E-state index in [1.165, 1.54) is 6.92 Å². The van der Waals surface area contributed by atoms with Gasteiger partial charge < -0.3 is 18.9 Å². The van der Waals surface area contributed by atoms with Crippen molar-refractivity contribution in [2.75, 3.05) is 0 Å².